The van der Waals surface area contributed by atoms with Gasteiger partial charge in [0.1, 0.15) is 0 Å². The van der Waals surface area contributed by atoms with Gasteiger partial charge in [-0.25, -0.2) is 4.98 Å². The molecule has 20 heavy (non-hydrogen) atoms. The zero-order chi connectivity index (χ0) is 15.0. The van der Waals surface area contributed by atoms with Crippen LogP contribution in [0.2, 0.25) is 0 Å². The Labute approximate surface area is 118 Å². The quantitative estimate of drug-likeness (QED) is 0.679. The molecule has 1 heterocycles. The number of nitrogens with one attached hydrogen (secondary N) is 1. The van der Waals surface area contributed by atoms with Crippen LogP contribution in [0.5, 0.6) is 0 Å². The number of methoxy groups -OCH3 is 1. The number of carbonyl (C=O) groups excluding carboxylic acids is 2. The molecule has 0 saturated carbocycles. The normalized spacial score (nSPS) is 10.1. The summed E-state index contributed by atoms with van der Waals surface area (Å²) in [5.74, 6) is -0.610. The number of nitrogens with two attached hydrogens (primary N) is 1. The maximum Gasteiger partial charge on any atom is 0.274 e. The fourth-order valence-electron chi connectivity index (χ4n) is 1.56. The van der Waals surface area contributed by atoms with E-state index in [4.69, 9.17) is 10.5 Å². The molecule has 110 valence electrons. The molecule has 2 amide bonds. The van der Waals surface area contributed by atoms with Crippen molar-refractivity contribution < 1.29 is 14.3 Å². The van der Waals surface area contributed by atoms with E-state index in [2.05, 4.69) is 10.3 Å². The third-order valence-corrected chi connectivity index (χ3v) is 2.62. The highest BCUT2D eigenvalue weighted by atomic mass is 16.5. The lowest BCUT2D eigenvalue weighted by atomic mass is 10.2. The van der Waals surface area contributed by atoms with Gasteiger partial charge in [-0.15, -0.1) is 0 Å². The molecule has 7 nitrogen and oxygen atoms in total. The topological polar surface area (TPSA) is 97.5 Å². The van der Waals surface area contributed by atoms with E-state index in [1.807, 2.05) is 0 Å². The number of hydrogen-bond acceptors (Lipinski definition) is 5. The number of nitrogen functional groups attached to an aromatic ring is 1. The van der Waals surface area contributed by atoms with Gasteiger partial charge in [0.05, 0.1) is 12.2 Å². The molecule has 0 unspecified atom stereocenters. The third kappa shape index (κ3) is 4.85. The molecule has 1 aromatic heterocycles. The summed E-state index contributed by atoms with van der Waals surface area (Å²) in [6, 6.07) is 3.24. The minimum absolute atomic E-state index is 0.0399. The molecule has 0 spiro atoms. The maximum atomic E-state index is 12.1. The Bertz CT molecular complexity index is 465. The molecule has 1 rings (SSSR count). The minimum atomic E-state index is -0.379. The van der Waals surface area contributed by atoms with Gasteiger partial charge >= 0.3 is 0 Å². The summed E-state index contributed by atoms with van der Waals surface area (Å²) in [5, 5.41) is 2.70. The van der Waals surface area contributed by atoms with Crippen LogP contribution in [0.3, 0.4) is 0 Å². The molecule has 0 fully saturated rings. The number of nitrogens with zero attached hydrogens (tertiary/aromatic N) is 2. The molecule has 0 atom stereocenters. The average molecular weight is 280 g/mol. The summed E-state index contributed by atoms with van der Waals surface area (Å²) in [4.78, 5) is 28.9. The fourth-order valence-corrected chi connectivity index (χ4v) is 1.56. The second-order valence-corrected chi connectivity index (χ2v) is 4.30. The van der Waals surface area contributed by atoms with Crippen LogP contribution in [0.15, 0.2) is 18.3 Å². The van der Waals surface area contributed by atoms with E-state index in [9.17, 15) is 9.59 Å². The van der Waals surface area contributed by atoms with Gasteiger partial charge in [-0.05, 0) is 18.6 Å². The number of anilines is 1. The molecule has 1 aromatic rings. The first kappa shape index (κ1) is 15.9. The lowest BCUT2D eigenvalue weighted by Crippen LogP contribution is -2.39. The van der Waals surface area contributed by atoms with E-state index in [1.165, 1.54) is 18.1 Å². The molecule has 0 bridgehead atoms. The Morgan fingerprint density at radius 2 is 2.25 bits per heavy atom. The highest BCUT2D eigenvalue weighted by molar-refractivity contribution is 5.98. The fraction of sp³-hybridized carbons (Fsp3) is 0.462. The number of hydrogen-bond donors (Lipinski definition) is 2. The first-order valence-corrected chi connectivity index (χ1v) is 6.28. The molecule has 0 aliphatic heterocycles. The summed E-state index contributed by atoms with van der Waals surface area (Å²) in [6.45, 7) is 1.06. The number of rotatable bonds is 7. The number of ether oxygens (including phenoxy) is 1. The van der Waals surface area contributed by atoms with Crippen LogP contribution in [-0.4, -0.2) is 55.6 Å². The van der Waals surface area contributed by atoms with E-state index in [0.717, 1.165) is 6.42 Å². The molecule has 0 aromatic carbocycles. The first-order valence-electron chi connectivity index (χ1n) is 6.28. The van der Waals surface area contributed by atoms with Crippen LogP contribution >= 0.6 is 0 Å². The van der Waals surface area contributed by atoms with Gasteiger partial charge in [-0.1, -0.05) is 0 Å². The summed E-state index contributed by atoms with van der Waals surface area (Å²) in [5.41, 5.74) is 6.13. The van der Waals surface area contributed by atoms with E-state index >= 15 is 0 Å². The Morgan fingerprint density at radius 1 is 1.50 bits per heavy atom. The van der Waals surface area contributed by atoms with Crippen molar-refractivity contribution in [2.75, 3.05) is 39.6 Å². The van der Waals surface area contributed by atoms with E-state index in [-0.39, 0.29) is 24.1 Å². The van der Waals surface area contributed by atoms with Crippen LogP contribution in [0.25, 0.3) is 0 Å². The van der Waals surface area contributed by atoms with Gasteiger partial charge in [0.2, 0.25) is 5.91 Å². The molecule has 3 N–H and O–H groups in total. The predicted molar refractivity (Wildman–Crippen MR) is 75.1 cm³/mol. The molecule has 7 heteroatoms. The van der Waals surface area contributed by atoms with Gasteiger partial charge in [0.25, 0.3) is 5.91 Å². The van der Waals surface area contributed by atoms with Crippen LogP contribution in [0.1, 0.15) is 16.9 Å². The molecule has 0 aliphatic carbocycles. The summed E-state index contributed by atoms with van der Waals surface area (Å²) >= 11 is 0. The molecule has 0 radical (unpaired) electrons. The monoisotopic (exact) mass is 280 g/mol. The Morgan fingerprint density at radius 3 is 2.90 bits per heavy atom. The average Bonchev–Trinajstić information content (AvgIpc) is 2.43. The standard InChI is InChI=1S/C13H20N4O3/c1-17(9-11(18)15-7-4-8-20-2)13(19)12-10(14)5-3-6-16-12/h3,5-6H,4,7-9,14H2,1-2H3,(H,15,18). The van der Waals surface area contributed by atoms with Crippen molar-refractivity contribution >= 4 is 17.5 Å². The number of carbonyl (C=O) groups is 2. The summed E-state index contributed by atoms with van der Waals surface area (Å²) < 4.78 is 4.88. The lowest BCUT2D eigenvalue weighted by Gasteiger charge is -2.17. The van der Waals surface area contributed by atoms with Gasteiger partial charge in [-0.2, -0.15) is 0 Å². The Hall–Kier alpha value is -2.15. The zero-order valence-electron chi connectivity index (χ0n) is 11.8. The number of likely N-dealkylation sites (N-methyl/N-ethyl adjacent to an activating group) is 1. The molecular weight excluding hydrogens is 260 g/mol. The molecule has 0 saturated heterocycles. The maximum absolute atomic E-state index is 12.1. The van der Waals surface area contributed by atoms with Crippen molar-refractivity contribution in [1.29, 1.82) is 0 Å². The number of pyridine rings is 1. The van der Waals surface area contributed by atoms with Crippen molar-refractivity contribution in [3.63, 3.8) is 0 Å². The van der Waals surface area contributed by atoms with E-state index < -0.39 is 0 Å². The van der Waals surface area contributed by atoms with Gasteiger partial charge in [0.15, 0.2) is 5.69 Å². The van der Waals surface area contributed by atoms with Gasteiger partial charge in [0, 0.05) is 33.5 Å². The van der Waals surface area contributed by atoms with E-state index in [0.29, 0.717) is 18.8 Å². The van der Waals surface area contributed by atoms with Crippen LogP contribution in [0, 0.1) is 0 Å². The molecular formula is C13H20N4O3. The Balaban J connectivity index is 2.46. The first-order chi connectivity index (χ1) is 9.56. The smallest absolute Gasteiger partial charge is 0.274 e. The van der Waals surface area contributed by atoms with Crippen molar-refractivity contribution in [2.45, 2.75) is 6.42 Å². The van der Waals surface area contributed by atoms with Crippen molar-refractivity contribution in [3.05, 3.63) is 24.0 Å². The zero-order valence-corrected chi connectivity index (χ0v) is 11.8. The van der Waals surface area contributed by atoms with Crippen LogP contribution < -0.4 is 11.1 Å². The second kappa shape index (κ2) is 8.11. The minimum Gasteiger partial charge on any atom is -0.397 e. The highest BCUT2D eigenvalue weighted by Gasteiger charge is 2.17. The Kier molecular flexibility index (Phi) is 6.45. The van der Waals surface area contributed by atoms with Crippen molar-refractivity contribution in [1.82, 2.24) is 15.2 Å². The van der Waals surface area contributed by atoms with Crippen molar-refractivity contribution in [2.24, 2.45) is 0 Å². The second-order valence-electron chi connectivity index (χ2n) is 4.30. The largest absolute Gasteiger partial charge is 0.397 e. The van der Waals surface area contributed by atoms with Crippen molar-refractivity contribution in [3.8, 4) is 0 Å². The number of amides is 2. The lowest BCUT2D eigenvalue weighted by molar-refractivity contribution is -0.121. The van der Waals surface area contributed by atoms with E-state index in [1.54, 1.807) is 19.2 Å². The third-order valence-electron chi connectivity index (χ3n) is 2.62. The van der Waals surface area contributed by atoms with Gasteiger partial charge in [-0.3, -0.25) is 9.59 Å². The number of aromatic nitrogens is 1. The summed E-state index contributed by atoms with van der Waals surface area (Å²) in [7, 11) is 3.14. The van der Waals surface area contributed by atoms with Crippen LogP contribution in [0.4, 0.5) is 5.69 Å². The predicted octanol–water partition coefficient (Wildman–Crippen LogP) is -0.111. The van der Waals surface area contributed by atoms with Crippen LogP contribution in [-0.2, 0) is 9.53 Å². The highest BCUT2D eigenvalue weighted by Crippen LogP contribution is 2.09. The van der Waals surface area contributed by atoms with Gasteiger partial charge < -0.3 is 20.7 Å². The molecule has 0 aliphatic rings. The summed E-state index contributed by atoms with van der Waals surface area (Å²) in [6.07, 6.45) is 2.22. The SMILES string of the molecule is COCCCNC(=O)CN(C)C(=O)c1ncccc1N.